The number of nitrogens with one attached hydrogen (secondary N) is 2. The number of alkyl carbamates (subject to hydrolysis) is 1. The molecule has 0 aromatic carbocycles. The summed E-state index contributed by atoms with van der Waals surface area (Å²) in [4.78, 5) is 11.6. The first-order valence-electron chi connectivity index (χ1n) is 7.30. The summed E-state index contributed by atoms with van der Waals surface area (Å²) in [5.74, 6) is 0. The molecule has 0 aromatic heterocycles. The van der Waals surface area contributed by atoms with Gasteiger partial charge in [-0.2, -0.15) is 0 Å². The van der Waals surface area contributed by atoms with Crippen molar-refractivity contribution in [3.05, 3.63) is 11.7 Å². The molecule has 0 saturated carbocycles. The van der Waals surface area contributed by atoms with Gasteiger partial charge in [-0.05, 0) is 53.9 Å². The Morgan fingerprint density at radius 3 is 2.05 bits per heavy atom. The maximum atomic E-state index is 11.6. The summed E-state index contributed by atoms with van der Waals surface area (Å²) in [7, 11) is 0. The van der Waals surface area contributed by atoms with Crippen molar-refractivity contribution in [2.75, 3.05) is 0 Å². The Balaban J connectivity index is 4.86. The fourth-order valence-corrected chi connectivity index (χ4v) is 1.38. The number of aliphatic hydroxyl groups is 1. The lowest BCUT2D eigenvalue weighted by atomic mass is 9.62. The van der Waals surface area contributed by atoms with E-state index in [9.17, 15) is 9.90 Å². The fraction of sp³-hybridized carbons (Fsp3) is 0.733. The Morgan fingerprint density at radius 2 is 1.68 bits per heavy atom. The number of amides is 1. The van der Waals surface area contributed by atoms with Crippen LogP contribution in [0.2, 0.25) is 6.82 Å². The van der Waals surface area contributed by atoms with Gasteiger partial charge < -0.3 is 19.9 Å². The fourth-order valence-electron chi connectivity index (χ4n) is 1.38. The second-order valence-electron chi connectivity index (χ2n) is 7.26. The van der Waals surface area contributed by atoms with Crippen molar-refractivity contribution < 1.29 is 19.3 Å². The number of rotatable bonds is 6. The van der Waals surface area contributed by atoms with E-state index in [4.69, 9.17) is 14.8 Å². The Morgan fingerprint density at radius 1 is 1.18 bits per heavy atom. The molecule has 3 N–H and O–H groups in total. The van der Waals surface area contributed by atoms with Gasteiger partial charge >= 0.3 is 13.0 Å². The molecule has 0 saturated heterocycles. The minimum absolute atomic E-state index is 0.461. The van der Waals surface area contributed by atoms with E-state index in [1.54, 1.807) is 55.3 Å². The molecule has 0 spiro atoms. The Kier molecular flexibility index (Phi) is 6.84. The second-order valence-corrected chi connectivity index (χ2v) is 7.26. The summed E-state index contributed by atoms with van der Waals surface area (Å²) >= 11 is 0. The smallest absolute Gasteiger partial charge is 0.411 e. The van der Waals surface area contributed by atoms with Crippen LogP contribution in [0.1, 0.15) is 48.5 Å². The number of hydrogen-bond acceptors (Lipinski definition) is 5. The lowest BCUT2D eigenvalue weighted by Crippen LogP contribution is -2.50. The van der Waals surface area contributed by atoms with Gasteiger partial charge in [-0.3, -0.25) is 5.32 Å². The van der Waals surface area contributed by atoms with Crippen molar-refractivity contribution in [2.45, 2.75) is 72.1 Å². The average molecular weight is 312 g/mol. The van der Waals surface area contributed by atoms with Gasteiger partial charge in [0.15, 0.2) is 0 Å². The minimum atomic E-state index is -1.05. The van der Waals surface area contributed by atoms with E-state index in [0.717, 1.165) is 6.21 Å². The molecule has 0 aliphatic carbocycles. The van der Waals surface area contributed by atoms with Gasteiger partial charge in [0.05, 0.1) is 11.2 Å². The molecule has 0 bridgehead atoms. The molecule has 22 heavy (non-hydrogen) atoms. The highest BCUT2D eigenvalue weighted by atomic mass is 16.6. The van der Waals surface area contributed by atoms with Crippen LogP contribution in [0, 0.1) is 5.41 Å². The normalized spacial score (nSPS) is 13.6. The van der Waals surface area contributed by atoms with Crippen LogP contribution in [0.5, 0.6) is 0 Å². The zero-order valence-corrected chi connectivity index (χ0v) is 14.9. The Bertz CT molecular complexity index is 434. The molecular weight excluding hydrogens is 283 g/mol. The van der Waals surface area contributed by atoms with Crippen molar-refractivity contribution in [3.8, 4) is 0 Å². The van der Waals surface area contributed by atoms with Crippen molar-refractivity contribution in [2.24, 2.45) is 0 Å². The number of carbonyl (C=O) groups excluding carboxylic acids is 1. The Hall–Kier alpha value is -1.34. The largest absolute Gasteiger partial charge is 0.444 e. The molecule has 6 nitrogen and oxygen atoms in total. The van der Waals surface area contributed by atoms with Gasteiger partial charge in [0.2, 0.25) is 0 Å². The number of allylic oxidation sites excluding steroid dienone is 1. The van der Waals surface area contributed by atoms with Crippen molar-refractivity contribution >= 4 is 19.2 Å². The summed E-state index contributed by atoms with van der Waals surface area (Å²) in [6.07, 6.45) is 1.88. The van der Waals surface area contributed by atoms with Crippen LogP contribution in [0.3, 0.4) is 0 Å². The minimum Gasteiger partial charge on any atom is -0.444 e. The van der Waals surface area contributed by atoms with Crippen LogP contribution >= 0.6 is 0 Å². The van der Waals surface area contributed by atoms with Crippen LogP contribution in [0.4, 0.5) is 4.79 Å². The summed E-state index contributed by atoms with van der Waals surface area (Å²) < 4.78 is 10.9. The van der Waals surface area contributed by atoms with E-state index < -0.39 is 29.8 Å². The average Bonchev–Trinajstić information content (AvgIpc) is 2.24. The Labute approximate surface area is 133 Å². The van der Waals surface area contributed by atoms with Crippen LogP contribution < -0.4 is 5.32 Å². The van der Waals surface area contributed by atoms with Gasteiger partial charge in [-0.25, -0.2) is 4.79 Å². The zero-order valence-electron chi connectivity index (χ0n) is 14.9. The van der Waals surface area contributed by atoms with Gasteiger partial charge in [-0.15, -0.1) is 0 Å². The zero-order chi connectivity index (χ0) is 17.8. The van der Waals surface area contributed by atoms with Gasteiger partial charge in [0, 0.05) is 12.4 Å². The molecule has 0 fully saturated rings. The third kappa shape index (κ3) is 7.09. The molecule has 0 aliphatic rings. The molecule has 1 amide bonds. The lowest BCUT2D eigenvalue weighted by Gasteiger charge is -2.39. The van der Waals surface area contributed by atoms with E-state index >= 15 is 0 Å². The monoisotopic (exact) mass is 312 g/mol. The molecule has 0 unspecified atom stereocenters. The molecule has 0 aliphatic heterocycles. The number of hydrogen-bond donors (Lipinski definition) is 3. The molecule has 7 heteroatoms. The van der Waals surface area contributed by atoms with Crippen LogP contribution in [-0.2, 0) is 9.39 Å². The second kappa shape index (κ2) is 7.29. The molecular formula is C15H29BN2O4. The van der Waals surface area contributed by atoms with Gasteiger partial charge in [0.1, 0.15) is 5.60 Å². The quantitative estimate of drug-likeness (QED) is 0.519. The van der Waals surface area contributed by atoms with E-state index in [1.165, 1.54) is 6.20 Å². The van der Waals surface area contributed by atoms with Gasteiger partial charge in [0.25, 0.3) is 0 Å². The van der Waals surface area contributed by atoms with Crippen molar-refractivity contribution in [3.63, 3.8) is 0 Å². The lowest BCUT2D eigenvalue weighted by molar-refractivity contribution is -0.0921. The third-order valence-electron chi connectivity index (χ3n) is 3.34. The first-order valence-corrected chi connectivity index (χ1v) is 7.30. The molecule has 0 atom stereocenters. The number of carbonyl (C=O) groups is 1. The standard InChI is InChI=1S/C15H29BN2O4/c1-13(2,3)21-12(19)18-10-11(9-17)16(8)22-15(6,7)14(4,5)20/h9-10,17,20H,1-8H3,(H,18,19)/b11-10+,17-9?. The summed E-state index contributed by atoms with van der Waals surface area (Å²) in [6.45, 7) is 13.4. The van der Waals surface area contributed by atoms with Crippen LogP contribution in [-0.4, -0.2) is 41.1 Å². The molecule has 0 rings (SSSR count). The van der Waals surface area contributed by atoms with E-state index in [2.05, 4.69) is 5.32 Å². The highest BCUT2D eigenvalue weighted by molar-refractivity contribution is 6.64. The molecule has 126 valence electrons. The SMILES string of the molecule is CB(OC(C)(C)C(C)(C)O)/C(C=N)=C/NC(=O)OC(C)(C)C. The van der Waals surface area contributed by atoms with E-state index in [-0.39, 0.29) is 0 Å². The summed E-state index contributed by atoms with van der Waals surface area (Å²) in [5.41, 5.74) is -2.00. The molecule has 0 heterocycles. The van der Waals surface area contributed by atoms with Crippen molar-refractivity contribution in [1.82, 2.24) is 5.32 Å². The highest BCUT2D eigenvalue weighted by Gasteiger charge is 2.38. The summed E-state index contributed by atoms with van der Waals surface area (Å²) in [6, 6.07) is 0. The topological polar surface area (TPSA) is 91.6 Å². The first kappa shape index (κ1) is 20.7. The maximum Gasteiger partial charge on any atom is 0.411 e. The van der Waals surface area contributed by atoms with E-state index in [1.807, 2.05) is 0 Å². The first-order chi connectivity index (χ1) is 9.69. The maximum absolute atomic E-state index is 11.6. The number of ether oxygens (including phenoxy) is 1. The molecule has 0 aromatic rings. The van der Waals surface area contributed by atoms with Gasteiger partial charge in [-0.1, -0.05) is 6.82 Å². The van der Waals surface area contributed by atoms with Crippen LogP contribution in [0.15, 0.2) is 11.7 Å². The summed E-state index contributed by atoms with van der Waals surface area (Å²) in [5, 5.41) is 20.0. The predicted molar refractivity (Wildman–Crippen MR) is 89.3 cm³/mol. The predicted octanol–water partition coefficient (Wildman–Crippen LogP) is 2.77. The van der Waals surface area contributed by atoms with E-state index in [0.29, 0.717) is 5.47 Å². The van der Waals surface area contributed by atoms with Crippen molar-refractivity contribution in [1.29, 1.82) is 5.41 Å². The molecule has 0 radical (unpaired) electrons. The highest BCUT2D eigenvalue weighted by Crippen LogP contribution is 2.26. The van der Waals surface area contributed by atoms with Crippen LogP contribution in [0.25, 0.3) is 0 Å². The third-order valence-corrected chi connectivity index (χ3v) is 3.34.